The monoisotopic (exact) mass is 258 g/mol. The van der Waals surface area contributed by atoms with E-state index in [1.54, 1.807) is 13.3 Å². The van der Waals surface area contributed by atoms with Crippen LogP contribution in [0.5, 0.6) is 5.75 Å². The number of anilines is 2. The highest BCUT2D eigenvalue weighted by molar-refractivity contribution is 5.41. The van der Waals surface area contributed by atoms with E-state index in [9.17, 15) is 0 Å². The van der Waals surface area contributed by atoms with Crippen molar-refractivity contribution in [3.05, 3.63) is 41.6 Å². The molecule has 100 valence electrons. The second-order valence-corrected chi connectivity index (χ2v) is 4.34. The van der Waals surface area contributed by atoms with Gasteiger partial charge in [-0.15, -0.1) is 0 Å². The van der Waals surface area contributed by atoms with Gasteiger partial charge in [-0.1, -0.05) is 12.1 Å². The predicted molar refractivity (Wildman–Crippen MR) is 75.9 cm³/mol. The second-order valence-electron chi connectivity index (χ2n) is 4.34. The second kappa shape index (κ2) is 6.04. The van der Waals surface area contributed by atoms with E-state index < -0.39 is 0 Å². The zero-order valence-electron chi connectivity index (χ0n) is 11.0. The minimum atomic E-state index is 0.219. The Labute approximate surface area is 112 Å². The number of rotatable bonds is 5. The van der Waals surface area contributed by atoms with Crippen LogP contribution in [0.3, 0.4) is 0 Å². The van der Waals surface area contributed by atoms with Crippen LogP contribution in [0.4, 0.5) is 11.8 Å². The Morgan fingerprint density at radius 1 is 1.11 bits per heavy atom. The Morgan fingerprint density at radius 2 is 1.84 bits per heavy atom. The van der Waals surface area contributed by atoms with Gasteiger partial charge in [0.05, 0.1) is 7.11 Å². The molecule has 2 rings (SSSR count). The normalized spacial score (nSPS) is 10.4. The number of aromatic nitrogens is 2. The number of hydrogen-bond acceptors (Lipinski definition) is 5. The fraction of sp³-hybridized carbons (Fsp3) is 0.286. The van der Waals surface area contributed by atoms with E-state index in [4.69, 9.17) is 16.2 Å². The number of aryl methyl sites for hydroxylation is 2. The van der Waals surface area contributed by atoms with Crippen LogP contribution in [0.25, 0.3) is 0 Å². The van der Waals surface area contributed by atoms with Gasteiger partial charge in [-0.05, 0) is 37.0 Å². The lowest BCUT2D eigenvalue weighted by atomic mass is 10.1. The van der Waals surface area contributed by atoms with Gasteiger partial charge in [0.15, 0.2) is 0 Å². The van der Waals surface area contributed by atoms with Crippen molar-refractivity contribution < 1.29 is 4.74 Å². The molecule has 0 saturated heterocycles. The molecular weight excluding hydrogens is 240 g/mol. The van der Waals surface area contributed by atoms with Gasteiger partial charge in [0.2, 0.25) is 5.95 Å². The summed E-state index contributed by atoms with van der Waals surface area (Å²) in [5.74, 6) is 1.57. The lowest BCUT2D eigenvalue weighted by Gasteiger charge is -2.06. The summed E-state index contributed by atoms with van der Waals surface area (Å²) in [6.45, 7) is 0. The smallest absolute Gasteiger partial charge is 0.221 e. The molecule has 0 spiro atoms. The van der Waals surface area contributed by atoms with Gasteiger partial charge < -0.3 is 16.2 Å². The van der Waals surface area contributed by atoms with Gasteiger partial charge in [-0.3, -0.25) is 0 Å². The molecule has 0 aliphatic carbocycles. The fourth-order valence-corrected chi connectivity index (χ4v) is 1.90. The molecule has 5 heteroatoms. The zero-order chi connectivity index (χ0) is 13.7. The van der Waals surface area contributed by atoms with Crippen molar-refractivity contribution >= 4 is 11.8 Å². The third-order valence-corrected chi connectivity index (χ3v) is 2.99. The summed E-state index contributed by atoms with van der Waals surface area (Å²) < 4.78 is 5.12. The van der Waals surface area contributed by atoms with Crippen molar-refractivity contribution in [1.82, 2.24) is 9.97 Å². The van der Waals surface area contributed by atoms with E-state index in [1.165, 1.54) is 5.56 Å². The van der Waals surface area contributed by atoms with Crippen LogP contribution in [0.15, 0.2) is 30.5 Å². The number of nitrogens with two attached hydrogens (primary N) is 2. The molecule has 0 saturated carbocycles. The van der Waals surface area contributed by atoms with Crippen molar-refractivity contribution in [3.63, 3.8) is 0 Å². The molecule has 0 fully saturated rings. The first-order valence-corrected chi connectivity index (χ1v) is 6.19. The van der Waals surface area contributed by atoms with E-state index in [0.717, 1.165) is 30.6 Å². The van der Waals surface area contributed by atoms with Gasteiger partial charge in [0, 0.05) is 11.8 Å². The maximum absolute atomic E-state index is 5.79. The standard InChI is InChI=1S/C14H18N4O/c1-19-12-7-5-10(6-8-12)3-2-4-11-9-17-14(16)18-13(11)15/h5-9H,2-4H2,1H3,(H4,15,16,17,18). The van der Waals surface area contributed by atoms with E-state index in [1.807, 2.05) is 12.1 Å². The van der Waals surface area contributed by atoms with Crippen LogP contribution in [0, 0.1) is 0 Å². The summed E-state index contributed by atoms with van der Waals surface area (Å²) in [7, 11) is 1.67. The molecule has 1 heterocycles. The van der Waals surface area contributed by atoms with Gasteiger partial charge in [-0.2, -0.15) is 4.98 Å². The number of ether oxygens (including phenoxy) is 1. The topological polar surface area (TPSA) is 87.0 Å². The van der Waals surface area contributed by atoms with E-state index >= 15 is 0 Å². The molecule has 0 amide bonds. The third-order valence-electron chi connectivity index (χ3n) is 2.99. The van der Waals surface area contributed by atoms with E-state index in [2.05, 4.69) is 22.1 Å². The molecule has 1 aromatic carbocycles. The molecule has 0 radical (unpaired) electrons. The highest BCUT2D eigenvalue weighted by Gasteiger charge is 2.03. The minimum absolute atomic E-state index is 0.219. The highest BCUT2D eigenvalue weighted by atomic mass is 16.5. The predicted octanol–water partition coefficient (Wildman–Crippen LogP) is 1.82. The van der Waals surface area contributed by atoms with Crippen molar-refractivity contribution in [1.29, 1.82) is 0 Å². The highest BCUT2D eigenvalue weighted by Crippen LogP contribution is 2.15. The maximum atomic E-state index is 5.79. The SMILES string of the molecule is COc1ccc(CCCc2cnc(N)nc2N)cc1. The molecule has 0 aliphatic heterocycles. The Hall–Kier alpha value is -2.30. The van der Waals surface area contributed by atoms with Crippen molar-refractivity contribution in [2.75, 3.05) is 18.6 Å². The summed E-state index contributed by atoms with van der Waals surface area (Å²) >= 11 is 0. The third kappa shape index (κ3) is 3.58. The molecule has 0 bridgehead atoms. The Balaban J connectivity index is 1.88. The molecule has 4 N–H and O–H groups in total. The molecule has 2 aromatic rings. The summed E-state index contributed by atoms with van der Waals surface area (Å²) in [5.41, 5.74) is 13.5. The minimum Gasteiger partial charge on any atom is -0.497 e. The fourth-order valence-electron chi connectivity index (χ4n) is 1.90. The van der Waals surface area contributed by atoms with Gasteiger partial charge >= 0.3 is 0 Å². The number of nitrogens with zero attached hydrogens (tertiary/aromatic N) is 2. The molecule has 19 heavy (non-hydrogen) atoms. The van der Waals surface area contributed by atoms with Crippen LogP contribution < -0.4 is 16.2 Å². The van der Waals surface area contributed by atoms with Crippen molar-refractivity contribution in [3.8, 4) is 5.75 Å². The van der Waals surface area contributed by atoms with Gasteiger partial charge in [-0.25, -0.2) is 4.98 Å². The van der Waals surface area contributed by atoms with Crippen LogP contribution in [-0.2, 0) is 12.8 Å². The van der Waals surface area contributed by atoms with Crippen LogP contribution in [-0.4, -0.2) is 17.1 Å². The van der Waals surface area contributed by atoms with Crippen molar-refractivity contribution in [2.24, 2.45) is 0 Å². The first-order chi connectivity index (χ1) is 9.19. The molecule has 5 nitrogen and oxygen atoms in total. The molecular formula is C14H18N4O. The average Bonchev–Trinajstić information content (AvgIpc) is 2.42. The van der Waals surface area contributed by atoms with E-state index in [-0.39, 0.29) is 5.95 Å². The first kappa shape index (κ1) is 13.1. The van der Waals surface area contributed by atoms with E-state index in [0.29, 0.717) is 5.82 Å². The maximum Gasteiger partial charge on any atom is 0.221 e. The largest absolute Gasteiger partial charge is 0.497 e. The number of benzene rings is 1. The summed E-state index contributed by atoms with van der Waals surface area (Å²) in [4.78, 5) is 7.91. The zero-order valence-corrected chi connectivity index (χ0v) is 11.0. The number of hydrogen-bond donors (Lipinski definition) is 2. The van der Waals surface area contributed by atoms with Gasteiger partial charge in [0.1, 0.15) is 11.6 Å². The Morgan fingerprint density at radius 3 is 2.47 bits per heavy atom. The molecule has 0 unspecified atom stereocenters. The number of methoxy groups -OCH3 is 1. The van der Waals surface area contributed by atoms with Crippen molar-refractivity contribution in [2.45, 2.75) is 19.3 Å². The summed E-state index contributed by atoms with van der Waals surface area (Å²) in [5, 5.41) is 0. The Kier molecular flexibility index (Phi) is 4.18. The Bertz CT molecular complexity index is 540. The quantitative estimate of drug-likeness (QED) is 0.854. The van der Waals surface area contributed by atoms with Crippen LogP contribution in [0.2, 0.25) is 0 Å². The lowest BCUT2D eigenvalue weighted by Crippen LogP contribution is -2.03. The van der Waals surface area contributed by atoms with Gasteiger partial charge in [0.25, 0.3) is 0 Å². The number of nitrogen functional groups attached to an aromatic ring is 2. The van der Waals surface area contributed by atoms with Crippen LogP contribution >= 0.6 is 0 Å². The average molecular weight is 258 g/mol. The molecule has 0 atom stereocenters. The lowest BCUT2D eigenvalue weighted by molar-refractivity contribution is 0.414. The first-order valence-electron chi connectivity index (χ1n) is 6.19. The van der Waals surface area contributed by atoms with Crippen LogP contribution in [0.1, 0.15) is 17.5 Å². The molecule has 1 aromatic heterocycles. The molecule has 0 aliphatic rings. The summed E-state index contributed by atoms with van der Waals surface area (Å²) in [6, 6.07) is 8.08. The summed E-state index contributed by atoms with van der Waals surface area (Å²) in [6.07, 6.45) is 4.52.